The first-order valence-electron chi connectivity index (χ1n) is 8.76. The van der Waals surface area contributed by atoms with Crippen LogP contribution in [0.3, 0.4) is 0 Å². The number of carbonyl (C=O) groups excluding carboxylic acids is 2. The predicted molar refractivity (Wildman–Crippen MR) is 106 cm³/mol. The maximum absolute atomic E-state index is 12.6. The van der Waals surface area contributed by atoms with Crippen molar-refractivity contribution in [1.82, 2.24) is 4.98 Å². The van der Waals surface area contributed by atoms with E-state index in [1.165, 1.54) is 0 Å². The summed E-state index contributed by atoms with van der Waals surface area (Å²) in [5, 5.41) is 3.66. The molecule has 0 saturated carbocycles. The van der Waals surface area contributed by atoms with Crippen LogP contribution in [0.25, 0.3) is 10.9 Å². The molecule has 5 heteroatoms. The van der Waals surface area contributed by atoms with Gasteiger partial charge in [-0.1, -0.05) is 24.3 Å². The van der Waals surface area contributed by atoms with Crippen molar-refractivity contribution in [3.63, 3.8) is 0 Å². The fourth-order valence-corrected chi connectivity index (χ4v) is 3.28. The molecule has 5 nitrogen and oxygen atoms in total. The summed E-state index contributed by atoms with van der Waals surface area (Å²) in [6.45, 7) is 7.20. The lowest BCUT2D eigenvalue weighted by Crippen LogP contribution is -2.22. The fourth-order valence-electron chi connectivity index (χ4n) is 3.28. The number of para-hydroxylation sites is 1. The van der Waals surface area contributed by atoms with Crippen LogP contribution in [0.4, 0.5) is 5.69 Å². The van der Waals surface area contributed by atoms with Gasteiger partial charge in [0.05, 0.1) is 16.8 Å². The maximum atomic E-state index is 12.6. The number of pyridine rings is 1. The van der Waals surface area contributed by atoms with Crippen molar-refractivity contribution in [3.05, 3.63) is 70.4 Å². The molecule has 27 heavy (non-hydrogen) atoms. The van der Waals surface area contributed by atoms with Crippen molar-refractivity contribution in [2.45, 2.75) is 27.7 Å². The average Bonchev–Trinajstić information content (AvgIpc) is 2.59. The first-order chi connectivity index (χ1) is 12.8. The minimum atomic E-state index is -0.543. The molecule has 0 fully saturated rings. The highest BCUT2D eigenvalue weighted by Gasteiger charge is 2.18. The van der Waals surface area contributed by atoms with E-state index in [-0.39, 0.29) is 12.5 Å². The van der Waals surface area contributed by atoms with Gasteiger partial charge in [0.15, 0.2) is 6.61 Å². The van der Waals surface area contributed by atoms with Crippen LogP contribution in [0.1, 0.15) is 32.7 Å². The van der Waals surface area contributed by atoms with E-state index in [0.717, 1.165) is 27.6 Å². The summed E-state index contributed by atoms with van der Waals surface area (Å²) < 4.78 is 5.24. The van der Waals surface area contributed by atoms with Crippen LogP contribution >= 0.6 is 0 Å². The molecule has 0 saturated heterocycles. The van der Waals surface area contributed by atoms with Crippen molar-refractivity contribution >= 4 is 28.5 Å². The molecule has 1 N–H and O–H groups in total. The smallest absolute Gasteiger partial charge is 0.340 e. The Kier molecular flexibility index (Phi) is 5.21. The number of rotatable bonds is 4. The summed E-state index contributed by atoms with van der Waals surface area (Å²) in [4.78, 5) is 29.2. The molecule has 0 aliphatic heterocycles. The molecule has 0 aliphatic rings. The molecule has 3 aromatic rings. The van der Waals surface area contributed by atoms with Crippen molar-refractivity contribution in [2.24, 2.45) is 0 Å². The van der Waals surface area contributed by atoms with E-state index < -0.39 is 5.97 Å². The fraction of sp³-hybridized carbons (Fsp3) is 0.227. The monoisotopic (exact) mass is 362 g/mol. The van der Waals surface area contributed by atoms with E-state index in [4.69, 9.17) is 4.74 Å². The van der Waals surface area contributed by atoms with E-state index in [0.29, 0.717) is 16.9 Å². The Labute approximate surface area is 158 Å². The van der Waals surface area contributed by atoms with Gasteiger partial charge in [0, 0.05) is 11.1 Å². The zero-order chi connectivity index (χ0) is 19.6. The SMILES string of the molecule is Cc1cc(C)cc(NC(=O)COC(=O)c2c(C)nc3ccccc3c2C)c1. The number of nitrogens with zero attached hydrogens (tertiary/aromatic N) is 1. The number of nitrogens with one attached hydrogen (secondary N) is 1. The highest BCUT2D eigenvalue weighted by Crippen LogP contribution is 2.23. The number of anilines is 1. The number of amides is 1. The quantitative estimate of drug-likeness (QED) is 0.704. The number of carbonyl (C=O) groups is 2. The summed E-state index contributed by atoms with van der Waals surface area (Å²) >= 11 is 0. The second-order valence-electron chi connectivity index (χ2n) is 6.72. The highest BCUT2D eigenvalue weighted by atomic mass is 16.5. The molecule has 0 bridgehead atoms. The van der Waals surface area contributed by atoms with Gasteiger partial charge in [-0.25, -0.2) is 4.79 Å². The zero-order valence-corrected chi connectivity index (χ0v) is 15.9. The summed E-state index contributed by atoms with van der Waals surface area (Å²) in [5.74, 6) is -0.920. The molecule has 0 unspecified atom stereocenters. The van der Waals surface area contributed by atoms with Gasteiger partial charge in [-0.3, -0.25) is 9.78 Å². The van der Waals surface area contributed by atoms with Crippen LogP contribution < -0.4 is 5.32 Å². The average molecular weight is 362 g/mol. The van der Waals surface area contributed by atoms with Crippen LogP contribution in [0.15, 0.2) is 42.5 Å². The van der Waals surface area contributed by atoms with E-state index in [9.17, 15) is 9.59 Å². The number of esters is 1. The summed E-state index contributed by atoms with van der Waals surface area (Å²) in [6, 6.07) is 13.4. The third kappa shape index (κ3) is 4.14. The van der Waals surface area contributed by atoms with Crippen LogP contribution in [0, 0.1) is 27.7 Å². The van der Waals surface area contributed by atoms with E-state index in [2.05, 4.69) is 10.3 Å². The Morgan fingerprint density at radius 2 is 1.67 bits per heavy atom. The Balaban J connectivity index is 1.72. The molecular formula is C22H22N2O3. The molecule has 3 rings (SSSR count). The molecule has 1 heterocycles. The van der Waals surface area contributed by atoms with Gasteiger partial charge in [0.25, 0.3) is 5.91 Å². The van der Waals surface area contributed by atoms with Gasteiger partial charge in [0.2, 0.25) is 0 Å². The minimum absolute atomic E-state index is 0.350. The number of benzene rings is 2. The van der Waals surface area contributed by atoms with E-state index >= 15 is 0 Å². The Bertz CT molecular complexity index is 1020. The van der Waals surface area contributed by atoms with Crippen molar-refractivity contribution in [3.8, 4) is 0 Å². The Morgan fingerprint density at radius 1 is 1.00 bits per heavy atom. The van der Waals surface area contributed by atoms with Gasteiger partial charge >= 0.3 is 5.97 Å². The third-order valence-corrected chi connectivity index (χ3v) is 4.38. The second-order valence-corrected chi connectivity index (χ2v) is 6.72. The topological polar surface area (TPSA) is 68.3 Å². The molecule has 0 aliphatic carbocycles. The number of ether oxygens (including phenoxy) is 1. The normalized spacial score (nSPS) is 10.7. The molecule has 0 atom stereocenters. The largest absolute Gasteiger partial charge is 0.452 e. The lowest BCUT2D eigenvalue weighted by Gasteiger charge is -2.12. The molecule has 1 amide bonds. The predicted octanol–water partition coefficient (Wildman–Crippen LogP) is 4.26. The third-order valence-electron chi connectivity index (χ3n) is 4.38. The van der Waals surface area contributed by atoms with Crippen LogP contribution in [-0.2, 0) is 9.53 Å². The van der Waals surface area contributed by atoms with Crippen LogP contribution in [-0.4, -0.2) is 23.5 Å². The minimum Gasteiger partial charge on any atom is -0.452 e. The van der Waals surface area contributed by atoms with Crippen LogP contribution in [0.5, 0.6) is 0 Å². The van der Waals surface area contributed by atoms with Gasteiger partial charge in [-0.2, -0.15) is 0 Å². The summed E-state index contributed by atoms with van der Waals surface area (Å²) in [5.41, 5.74) is 5.42. The van der Waals surface area contributed by atoms with Crippen molar-refractivity contribution in [2.75, 3.05) is 11.9 Å². The molecular weight excluding hydrogens is 340 g/mol. The second kappa shape index (κ2) is 7.58. The number of hydrogen-bond donors (Lipinski definition) is 1. The lowest BCUT2D eigenvalue weighted by molar-refractivity contribution is -0.119. The first-order valence-corrected chi connectivity index (χ1v) is 8.76. The van der Waals surface area contributed by atoms with E-state index in [1.54, 1.807) is 6.92 Å². The maximum Gasteiger partial charge on any atom is 0.340 e. The number of aryl methyl sites for hydroxylation is 4. The number of hydrogen-bond acceptors (Lipinski definition) is 4. The molecule has 1 aromatic heterocycles. The van der Waals surface area contributed by atoms with Crippen molar-refractivity contribution in [1.29, 1.82) is 0 Å². The van der Waals surface area contributed by atoms with Crippen molar-refractivity contribution < 1.29 is 14.3 Å². The number of aromatic nitrogens is 1. The van der Waals surface area contributed by atoms with Gasteiger partial charge in [-0.05, 0) is 62.6 Å². The highest BCUT2D eigenvalue weighted by molar-refractivity contribution is 6.00. The lowest BCUT2D eigenvalue weighted by atomic mass is 10.0. The molecule has 138 valence electrons. The Morgan fingerprint density at radius 3 is 2.37 bits per heavy atom. The first kappa shape index (κ1) is 18.6. The summed E-state index contributed by atoms with van der Waals surface area (Å²) in [7, 11) is 0. The van der Waals surface area contributed by atoms with Gasteiger partial charge in [-0.15, -0.1) is 0 Å². The van der Waals surface area contributed by atoms with Gasteiger partial charge in [0.1, 0.15) is 0 Å². The molecule has 2 aromatic carbocycles. The molecule has 0 spiro atoms. The Hall–Kier alpha value is -3.21. The van der Waals surface area contributed by atoms with Crippen LogP contribution in [0.2, 0.25) is 0 Å². The summed E-state index contributed by atoms with van der Waals surface area (Å²) in [6.07, 6.45) is 0. The molecule has 0 radical (unpaired) electrons. The zero-order valence-electron chi connectivity index (χ0n) is 15.9. The van der Waals surface area contributed by atoms with E-state index in [1.807, 2.05) is 63.2 Å². The number of fused-ring (bicyclic) bond motifs is 1. The standard InChI is InChI=1S/C22H22N2O3/c1-13-9-14(2)11-17(10-13)24-20(25)12-27-22(26)21-15(3)18-7-5-6-8-19(18)23-16(21)4/h5-11H,12H2,1-4H3,(H,24,25). The van der Waals surface area contributed by atoms with Gasteiger partial charge < -0.3 is 10.1 Å².